The molecule has 1 aromatic heterocycles. The average molecular weight is 392 g/mol. The molecule has 1 N–H and O–H groups in total. The second kappa shape index (κ2) is 8.80. The molecule has 0 aliphatic carbocycles. The number of benzene rings is 2. The first-order valence-corrected chi connectivity index (χ1v) is 10.3. The summed E-state index contributed by atoms with van der Waals surface area (Å²) in [5.74, 6) is 0.764. The van der Waals surface area contributed by atoms with E-state index in [1.807, 2.05) is 41.2 Å². The van der Waals surface area contributed by atoms with Crippen molar-refractivity contribution in [1.29, 1.82) is 0 Å². The molecule has 0 saturated carbocycles. The molecule has 0 amide bonds. The molecule has 5 heteroatoms. The fraction of sp³-hybridized carbons (Fsp3) is 0.375. The first-order chi connectivity index (χ1) is 14.1. The molecular weight excluding hydrogens is 362 g/mol. The maximum absolute atomic E-state index is 10.4. The van der Waals surface area contributed by atoms with Gasteiger partial charge in [-0.15, -0.1) is 0 Å². The van der Waals surface area contributed by atoms with Crippen molar-refractivity contribution in [3.63, 3.8) is 0 Å². The molecule has 152 valence electrons. The number of aliphatic hydroxyl groups is 1. The van der Waals surface area contributed by atoms with E-state index in [1.54, 1.807) is 0 Å². The molecule has 0 bridgehead atoms. The number of β-amino-alcohol motifs (C(OH)–C–C–N with tert-alkyl or cyclic N) is 1. The van der Waals surface area contributed by atoms with E-state index in [0.29, 0.717) is 19.2 Å². The summed E-state index contributed by atoms with van der Waals surface area (Å²) in [6, 6.07) is 18.8. The topological polar surface area (TPSA) is 50.5 Å². The van der Waals surface area contributed by atoms with Crippen molar-refractivity contribution in [3.05, 3.63) is 71.9 Å². The molecule has 0 fully saturated rings. The van der Waals surface area contributed by atoms with Gasteiger partial charge in [-0.2, -0.15) is 5.10 Å². The van der Waals surface area contributed by atoms with Crippen LogP contribution >= 0.6 is 0 Å². The molecule has 0 saturated heterocycles. The van der Waals surface area contributed by atoms with Crippen molar-refractivity contribution in [3.8, 4) is 17.0 Å². The Bertz CT molecular complexity index is 933. The van der Waals surface area contributed by atoms with Crippen LogP contribution in [0, 0.1) is 0 Å². The summed E-state index contributed by atoms with van der Waals surface area (Å²) in [4.78, 5) is 2.30. The van der Waals surface area contributed by atoms with E-state index in [2.05, 4.69) is 48.1 Å². The van der Waals surface area contributed by atoms with Crippen LogP contribution in [0.25, 0.3) is 11.3 Å². The van der Waals surface area contributed by atoms with Gasteiger partial charge in [0, 0.05) is 37.4 Å². The Morgan fingerprint density at radius 2 is 1.79 bits per heavy atom. The summed E-state index contributed by atoms with van der Waals surface area (Å²) in [7, 11) is 0. The van der Waals surface area contributed by atoms with Crippen molar-refractivity contribution < 1.29 is 9.84 Å². The molecule has 0 spiro atoms. The van der Waals surface area contributed by atoms with Gasteiger partial charge >= 0.3 is 0 Å². The monoisotopic (exact) mass is 391 g/mol. The van der Waals surface area contributed by atoms with Gasteiger partial charge in [-0.1, -0.05) is 24.3 Å². The lowest BCUT2D eigenvalue weighted by Crippen LogP contribution is -2.38. The quantitative estimate of drug-likeness (QED) is 0.663. The predicted octanol–water partition coefficient (Wildman–Crippen LogP) is 3.93. The number of rotatable bonds is 7. The van der Waals surface area contributed by atoms with Crippen LogP contribution in [0.3, 0.4) is 0 Å². The van der Waals surface area contributed by atoms with Crippen LogP contribution in [0.4, 0.5) is 0 Å². The van der Waals surface area contributed by atoms with Crippen LogP contribution in [-0.2, 0) is 13.0 Å². The Morgan fingerprint density at radius 1 is 1.03 bits per heavy atom. The number of ether oxygens (including phenoxy) is 1. The van der Waals surface area contributed by atoms with Gasteiger partial charge in [0.05, 0.1) is 5.69 Å². The summed E-state index contributed by atoms with van der Waals surface area (Å²) >= 11 is 0. The van der Waals surface area contributed by atoms with Crippen molar-refractivity contribution >= 4 is 0 Å². The number of hydrogen-bond donors (Lipinski definition) is 1. The van der Waals surface area contributed by atoms with Crippen molar-refractivity contribution in [2.75, 3.05) is 19.7 Å². The molecule has 1 unspecified atom stereocenters. The highest BCUT2D eigenvalue weighted by molar-refractivity contribution is 5.59. The van der Waals surface area contributed by atoms with Crippen LogP contribution in [0.1, 0.15) is 31.0 Å². The van der Waals surface area contributed by atoms with E-state index < -0.39 is 6.10 Å². The normalized spacial score (nSPS) is 15.3. The molecule has 2 aromatic carbocycles. The van der Waals surface area contributed by atoms with Crippen molar-refractivity contribution in [2.24, 2.45) is 0 Å². The maximum Gasteiger partial charge on any atom is 0.119 e. The molecule has 4 rings (SSSR count). The minimum Gasteiger partial charge on any atom is -0.491 e. The molecule has 29 heavy (non-hydrogen) atoms. The molecule has 3 aromatic rings. The van der Waals surface area contributed by atoms with Gasteiger partial charge in [-0.3, -0.25) is 9.58 Å². The van der Waals surface area contributed by atoms with E-state index >= 15 is 0 Å². The third-order valence-corrected chi connectivity index (χ3v) is 5.41. The molecule has 1 aliphatic heterocycles. The molecular formula is C24H29N3O2. The number of fused-ring (bicyclic) bond motifs is 1. The Morgan fingerprint density at radius 3 is 2.52 bits per heavy atom. The van der Waals surface area contributed by atoms with Gasteiger partial charge in [0.2, 0.25) is 0 Å². The minimum absolute atomic E-state index is 0.291. The minimum atomic E-state index is -0.512. The summed E-state index contributed by atoms with van der Waals surface area (Å²) in [5.41, 5.74) is 4.80. The average Bonchev–Trinajstić information content (AvgIpc) is 3.23. The summed E-state index contributed by atoms with van der Waals surface area (Å²) in [6.07, 6.45) is 2.53. The van der Waals surface area contributed by atoms with E-state index in [1.165, 1.54) is 11.1 Å². The molecule has 2 heterocycles. The van der Waals surface area contributed by atoms with Gasteiger partial charge in [-0.25, -0.2) is 0 Å². The molecule has 5 nitrogen and oxygen atoms in total. The molecule has 1 aliphatic rings. The number of hydrogen-bond acceptors (Lipinski definition) is 4. The van der Waals surface area contributed by atoms with Gasteiger partial charge in [0.1, 0.15) is 18.5 Å². The lowest BCUT2D eigenvalue weighted by Gasteiger charge is -2.30. The predicted molar refractivity (Wildman–Crippen MR) is 115 cm³/mol. The first-order valence-electron chi connectivity index (χ1n) is 10.3. The number of aromatic nitrogens is 2. The molecule has 1 atom stereocenters. The smallest absolute Gasteiger partial charge is 0.119 e. The van der Waals surface area contributed by atoms with E-state index in [9.17, 15) is 5.11 Å². The van der Waals surface area contributed by atoms with Crippen molar-refractivity contribution in [1.82, 2.24) is 14.7 Å². The third-order valence-electron chi connectivity index (χ3n) is 5.41. The maximum atomic E-state index is 10.4. The number of nitrogens with zero attached hydrogens (tertiary/aromatic N) is 3. The lowest BCUT2D eigenvalue weighted by molar-refractivity contribution is 0.0638. The van der Waals surface area contributed by atoms with Crippen LogP contribution in [-0.4, -0.2) is 45.6 Å². The Hall–Kier alpha value is -2.63. The highest BCUT2D eigenvalue weighted by Gasteiger charge is 2.18. The zero-order valence-corrected chi connectivity index (χ0v) is 17.2. The second-order valence-corrected chi connectivity index (χ2v) is 8.02. The fourth-order valence-corrected chi connectivity index (χ4v) is 3.75. The van der Waals surface area contributed by atoms with Crippen LogP contribution < -0.4 is 4.74 Å². The number of aliphatic hydroxyl groups excluding tert-OH is 1. The van der Waals surface area contributed by atoms with Crippen LogP contribution in [0.2, 0.25) is 0 Å². The SMILES string of the molecule is CC(C)n1ccc(-c2ccc(OCC(O)CN3CCc4ccccc4C3)cc2)n1. The van der Waals surface area contributed by atoms with Crippen LogP contribution in [0.15, 0.2) is 60.8 Å². The van der Waals surface area contributed by atoms with Gasteiger partial charge < -0.3 is 9.84 Å². The van der Waals surface area contributed by atoms with E-state index in [0.717, 1.165) is 36.5 Å². The van der Waals surface area contributed by atoms with Gasteiger partial charge in [0.15, 0.2) is 0 Å². The first kappa shape index (κ1) is 19.7. The summed E-state index contributed by atoms with van der Waals surface area (Å²) in [6.45, 7) is 7.01. The van der Waals surface area contributed by atoms with E-state index in [-0.39, 0.29) is 0 Å². The molecule has 0 radical (unpaired) electrons. The largest absolute Gasteiger partial charge is 0.491 e. The zero-order valence-electron chi connectivity index (χ0n) is 17.2. The summed E-state index contributed by atoms with van der Waals surface area (Å²) < 4.78 is 7.76. The second-order valence-electron chi connectivity index (χ2n) is 8.02. The zero-order chi connectivity index (χ0) is 20.2. The standard InChI is InChI=1S/C24H29N3O2/c1-18(2)27-14-12-24(25-27)20-7-9-23(10-8-20)29-17-22(28)16-26-13-11-19-5-3-4-6-21(19)15-26/h3-10,12,14,18,22,28H,11,13,15-17H2,1-2H3. The highest BCUT2D eigenvalue weighted by atomic mass is 16.5. The Labute approximate surface area is 172 Å². The Kier molecular flexibility index (Phi) is 5.97. The van der Waals surface area contributed by atoms with Gasteiger partial charge in [0.25, 0.3) is 0 Å². The highest BCUT2D eigenvalue weighted by Crippen LogP contribution is 2.22. The van der Waals surface area contributed by atoms with Crippen LogP contribution in [0.5, 0.6) is 5.75 Å². The third kappa shape index (κ3) is 4.86. The summed E-state index contributed by atoms with van der Waals surface area (Å²) in [5, 5.41) is 15.0. The van der Waals surface area contributed by atoms with E-state index in [4.69, 9.17) is 4.74 Å². The van der Waals surface area contributed by atoms with Crippen molar-refractivity contribution in [2.45, 2.75) is 39.0 Å². The Balaban J connectivity index is 1.27. The fourth-order valence-electron chi connectivity index (χ4n) is 3.75. The van der Waals surface area contributed by atoms with Gasteiger partial charge in [-0.05, 0) is 61.7 Å². The lowest BCUT2D eigenvalue weighted by atomic mass is 10.00.